The van der Waals surface area contributed by atoms with E-state index >= 15 is 0 Å². The van der Waals surface area contributed by atoms with E-state index in [4.69, 9.17) is 9.47 Å². The normalized spacial score (nSPS) is 10.2. The molecule has 7 nitrogen and oxygen atoms in total. The number of ether oxygens (including phenoxy) is 2. The van der Waals surface area contributed by atoms with Gasteiger partial charge in [-0.1, -0.05) is 78.9 Å². The van der Waals surface area contributed by atoms with Crippen molar-refractivity contribution in [1.82, 2.24) is 10.9 Å². The minimum absolute atomic E-state index is 0.0720. The Kier molecular flexibility index (Phi) is 9.03. The summed E-state index contributed by atoms with van der Waals surface area (Å²) in [6, 6.07) is 26.7. The Morgan fingerprint density at radius 1 is 0.697 bits per heavy atom. The summed E-state index contributed by atoms with van der Waals surface area (Å²) in [4.78, 5) is 35.7. The monoisotopic (exact) mass is 446 g/mol. The SMILES string of the molecule is O=C(CCC(=O)OCCc1ccccc1)NNC(=O)COc1ccccc1-c1ccccc1. The standard InChI is InChI=1S/C26H26N2O5/c29-24(15-16-26(31)32-18-17-20-9-3-1-4-10-20)27-28-25(30)19-33-23-14-8-7-13-22(23)21-11-5-2-6-12-21/h1-14H,15-19H2,(H,27,29)(H,28,30). The van der Waals surface area contributed by atoms with Gasteiger partial charge in [-0.05, 0) is 17.2 Å². The summed E-state index contributed by atoms with van der Waals surface area (Å²) >= 11 is 0. The highest BCUT2D eigenvalue weighted by Gasteiger charge is 2.11. The lowest BCUT2D eigenvalue weighted by molar-refractivity contribution is -0.145. The third-order valence-corrected chi connectivity index (χ3v) is 4.72. The van der Waals surface area contributed by atoms with Crippen molar-refractivity contribution in [3.05, 3.63) is 90.5 Å². The van der Waals surface area contributed by atoms with Gasteiger partial charge in [0.1, 0.15) is 5.75 Å². The highest BCUT2D eigenvalue weighted by molar-refractivity contribution is 5.85. The molecule has 3 aromatic carbocycles. The van der Waals surface area contributed by atoms with Crippen molar-refractivity contribution in [2.45, 2.75) is 19.3 Å². The molecule has 0 aromatic heterocycles. The van der Waals surface area contributed by atoms with Crippen LogP contribution in [-0.4, -0.2) is 31.0 Å². The topological polar surface area (TPSA) is 93.7 Å². The fourth-order valence-corrected chi connectivity index (χ4v) is 3.05. The summed E-state index contributed by atoms with van der Waals surface area (Å²) in [5, 5.41) is 0. The zero-order valence-electron chi connectivity index (χ0n) is 18.2. The molecule has 3 aromatic rings. The number of hydrazine groups is 1. The van der Waals surface area contributed by atoms with Gasteiger partial charge in [0.2, 0.25) is 5.91 Å². The van der Waals surface area contributed by atoms with Crippen LogP contribution in [0, 0.1) is 0 Å². The average molecular weight is 447 g/mol. The molecular formula is C26H26N2O5. The number of carbonyl (C=O) groups is 3. The molecule has 0 atom stereocenters. The number of carbonyl (C=O) groups excluding carboxylic acids is 3. The molecular weight excluding hydrogens is 420 g/mol. The number of hydrogen-bond donors (Lipinski definition) is 2. The molecule has 2 N–H and O–H groups in total. The third-order valence-electron chi connectivity index (χ3n) is 4.72. The van der Waals surface area contributed by atoms with Crippen LogP contribution in [0.2, 0.25) is 0 Å². The fraction of sp³-hybridized carbons (Fsp3) is 0.192. The first-order chi connectivity index (χ1) is 16.1. The summed E-state index contributed by atoms with van der Waals surface area (Å²) in [7, 11) is 0. The van der Waals surface area contributed by atoms with E-state index in [1.54, 1.807) is 6.07 Å². The molecule has 0 heterocycles. The number of benzene rings is 3. The lowest BCUT2D eigenvalue weighted by Gasteiger charge is -2.12. The number of para-hydroxylation sites is 1. The molecule has 0 aliphatic heterocycles. The lowest BCUT2D eigenvalue weighted by atomic mass is 10.1. The Morgan fingerprint density at radius 2 is 1.33 bits per heavy atom. The maximum absolute atomic E-state index is 12.0. The second-order valence-corrected chi connectivity index (χ2v) is 7.20. The van der Waals surface area contributed by atoms with Crippen LogP contribution in [0.4, 0.5) is 0 Å². The van der Waals surface area contributed by atoms with Gasteiger partial charge in [0, 0.05) is 18.4 Å². The minimum atomic E-state index is -0.517. The van der Waals surface area contributed by atoms with E-state index in [2.05, 4.69) is 10.9 Å². The second kappa shape index (κ2) is 12.7. The van der Waals surface area contributed by atoms with Gasteiger partial charge >= 0.3 is 5.97 Å². The first-order valence-electron chi connectivity index (χ1n) is 10.7. The smallest absolute Gasteiger partial charge is 0.306 e. The molecule has 0 unspecified atom stereocenters. The summed E-state index contributed by atoms with van der Waals surface area (Å²) in [5.41, 5.74) is 7.46. The van der Waals surface area contributed by atoms with E-state index in [9.17, 15) is 14.4 Å². The van der Waals surface area contributed by atoms with Crippen LogP contribution >= 0.6 is 0 Å². The van der Waals surface area contributed by atoms with E-state index in [1.165, 1.54) is 0 Å². The molecule has 0 saturated heterocycles. The van der Waals surface area contributed by atoms with Crippen LogP contribution in [0.1, 0.15) is 18.4 Å². The van der Waals surface area contributed by atoms with Crippen LogP contribution in [0.3, 0.4) is 0 Å². The van der Waals surface area contributed by atoms with Crippen molar-refractivity contribution >= 4 is 17.8 Å². The molecule has 7 heteroatoms. The van der Waals surface area contributed by atoms with Crippen LogP contribution in [0.15, 0.2) is 84.9 Å². The maximum Gasteiger partial charge on any atom is 0.306 e. The molecule has 33 heavy (non-hydrogen) atoms. The van der Waals surface area contributed by atoms with Gasteiger partial charge in [0.15, 0.2) is 6.61 Å². The molecule has 3 rings (SSSR count). The van der Waals surface area contributed by atoms with E-state index in [1.807, 2.05) is 78.9 Å². The van der Waals surface area contributed by atoms with Gasteiger partial charge in [-0.2, -0.15) is 0 Å². The molecule has 0 bridgehead atoms. The van der Waals surface area contributed by atoms with Crippen LogP contribution in [0.25, 0.3) is 11.1 Å². The van der Waals surface area contributed by atoms with Gasteiger partial charge in [-0.3, -0.25) is 25.2 Å². The van der Waals surface area contributed by atoms with E-state index in [0.29, 0.717) is 12.2 Å². The maximum atomic E-state index is 12.0. The van der Waals surface area contributed by atoms with Crippen LogP contribution < -0.4 is 15.6 Å². The number of hydrogen-bond acceptors (Lipinski definition) is 5. The third kappa shape index (κ3) is 8.14. The van der Waals surface area contributed by atoms with Crippen molar-refractivity contribution in [2.75, 3.05) is 13.2 Å². The van der Waals surface area contributed by atoms with Gasteiger partial charge < -0.3 is 9.47 Å². The molecule has 0 spiro atoms. The Hall–Kier alpha value is -4.13. The van der Waals surface area contributed by atoms with E-state index in [0.717, 1.165) is 16.7 Å². The van der Waals surface area contributed by atoms with Crippen molar-refractivity contribution in [2.24, 2.45) is 0 Å². The average Bonchev–Trinajstić information content (AvgIpc) is 2.86. The van der Waals surface area contributed by atoms with Gasteiger partial charge in [-0.15, -0.1) is 0 Å². The zero-order chi connectivity index (χ0) is 23.3. The molecule has 0 saturated carbocycles. The fourth-order valence-electron chi connectivity index (χ4n) is 3.05. The zero-order valence-corrected chi connectivity index (χ0v) is 18.2. The first kappa shape index (κ1) is 23.5. The van der Waals surface area contributed by atoms with Crippen LogP contribution in [-0.2, 0) is 25.5 Å². The summed E-state index contributed by atoms with van der Waals surface area (Å²) < 4.78 is 10.8. The molecule has 170 valence electrons. The van der Waals surface area contributed by atoms with Crippen molar-refractivity contribution in [1.29, 1.82) is 0 Å². The lowest BCUT2D eigenvalue weighted by Crippen LogP contribution is -2.43. The first-order valence-corrected chi connectivity index (χ1v) is 10.7. The Balaban J connectivity index is 1.33. The number of amides is 2. The largest absolute Gasteiger partial charge is 0.483 e. The number of esters is 1. The van der Waals surface area contributed by atoms with Crippen molar-refractivity contribution in [3.63, 3.8) is 0 Å². The highest BCUT2D eigenvalue weighted by atomic mass is 16.5. The predicted octanol–water partition coefficient (Wildman–Crippen LogP) is 3.45. The Labute approximate surface area is 192 Å². The minimum Gasteiger partial charge on any atom is -0.483 e. The predicted molar refractivity (Wildman–Crippen MR) is 124 cm³/mol. The van der Waals surface area contributed by atoms with Gasteiger partial charge in [-0.25, -0.2) is 0 Å². The molecule has 2 amide bonds. The summed E-state index contributed by atoms with van der Waals surface area (Å²) in [6.45, 7) is -0.0192. The van der Waals surface area contributed by atoms with Crippen LogP contribution in [0.5, 0.6) is 5.75 Å². The molecule has 0 fully saturated rings. The summed E-state index contributed by atoms with van der Waals surface area (Å²) in [6.07, 6.45) is 0.446. The quantitative estimate of drug-likeness (QED) is 0.368. The molecule has 0 radical (unpaired) electrons. The molecule has 0 aliphatic rings. The molecule has 0 aliphatic carbocycles. The Bertz CT molecular complexity index is 1050. The van der Waals surface area contributed by atoms with Crippen molar-refractivity contribution < 1.29 is 23.9 Å². The number of nitrogens with one attached hydrogen (secondary N) is 2. The van der Waals surface area contributed by atoms with Gasteiger partial charge in [0.05, 0.1) is 13.0 Å². The Morgan fingerprint density at radius 3 is 2.09 bits per heavy atom. The number of rotatable bonds is 10. The van der Waals surface area contributed by atoms with Gasteiger partial charge in [0.25, 0.3) is 5.91 Å². The highest BCUT2D eigenvalue weighted by Crippen LogP contribution is 2.29. The van der Waals surface area contributed by atoms with E-state index in [-0.39, 0.29) is 26.1 Å². The summed E-state index contributed by atoms with van der Waals surface area (Å²) in [5.74, 6) is -0.915. The van der Waals surface area contributed by atoms with E-state index < -0.39 is 17.8 Å². The second-order valence-electron chi connectivity index (χ2n) is 7.20. The van der Waals surface area contributed by atoms with Crippen molar-refractivity contribution in [3.8, 4) is 16.9 Å².